The summed E-state index contributed by atoms with van der Waals surface area (Å²) >= 11 is 3.47. The number of aliphatic carboxylic acids is 1. The Hall–Kier alpha value is -1.23. The highest BCUT2D eigenvalue weighted by Crippen LogP contribution is 2.52. The summed E-state index contributed by atoms with van der Waals surface area (Å²) < 4.78 is 11.9. The number of carboxylic acid groups (broad SMARTS) is 1. The quantitative estimate of drug-likeness (QED) is 0.903. The molecule has 0 saturated heterocycles. The average Bonchev–Trinajstić information content (AvgIpc) is 3.25. The van der Waals surface area contributed by atoms with E-state index in [1.54, 1.807) is 13.2 Å². The molecule has 4 nitrogen and oxygen atoms in total. The van der Waals surface area contributed by atoms with Gasteiger partial charge in [0.25, 0.3) is 0 Å². The first-order valence-corrected chi connectivity index (χ1v) is 7.14. The Labute approximate surface area is 119 Å². The minimum Gasteiger partial charge on any atom is -0.493 e. The first kappa shape index (κ1) is 12.8. The van der Waals surface area contributed by atoms with Crippen LogP contribution < -0.4 is 9.47 Å². The molecule has 0 atom stereocenters. The Kier molecular flexibility index (Phi) is 2.96. The molecule has 0 bridgehead atoms. The molecule has 2 aliphatic rings. The third-order valence-corrected chi connectivity index (χ3v) is 4.34. The average molecular weight is 327 g/mol. The highest BCUT2D eigenvalue weighted by atomic mass is 79.9. The SMILES string of the molecule is COc1cc(C2(C(=O)O)CC2)cc(Br)c1OC1CC1. The molecule has 19 heavy (non-hydrogen) atoms. The Morgan fingerprint density at radius 2 is 2.11 bits per heavy atom. The monoisotopic (exact) mass is 326 g/mol. The third kappa shape index (κ3) is 2.20. The van der Waals surface area contributed by atoms with Crippen LogP contribution in [0.3, 0.4) is 0 Å². The second-order valence-electron chi connectivity index (χ2n) is 5.19. The number of carbonyl (C=O) groups is 1. The number of ether oxygens (including phenoxy) is 2. The summed E-state index contributed by atoms with van der Waals surface area (Å²) in [6.45, 7) is 0. The van der Waals surface area contributed by atoms with Gasteiger partial charge in [0.2, 0.25) is 0 Å². The van der Waals surface area contributed by atoms with Crippen molar-refractivity contribution in [3.63, 3.8) is 0 Å². The van der Waals surface area contributed by atoms with Crippen molar-refractivity contribution in [1.82, 2.24) is 0 Å². The van der Waals surface area contributed by atoms with Crippen molar-refractivity contribution in [2.75, 3.05) is 7.11 Å². The van der Waals surface area contributed by atoms with Crippen molar-refractivity contribution in [3.8, 4) is 11.5 Å². The van der Waals surface area contributed by atoms with Crippen LogP contribution in [0.25, 0.3) is 0 Å². The summed E-state index contributed by atoms with van der Waals surface area (Å²) in [4.78, 5) is 11.4. The highest BCUT2D eigenvalue weighted by molar-refractivity contribution is 9.10. The number of rotatable bonds is 5. The first-order valence-electron chi connectivity index (χ1n) is 6.35. The maximum Gasteiger partial charge on any atom is 0.314 e. The molecule has 1 N–H and O–H groups in total. The number of methoxy groups -OCH3 is 1. The molecule has 5 heteroatoms. The number of hydrogen-bond acceptors (Lipinski definition) is 3. The van der Waals surface area contributed by atoms with E-state index in [1.165, 1.54) is 0 Å². The van der Waals surface area contributed by atoms with Gasteiger partial charge in [-0.25, -0.2) is 0 Å². The van der Waals surface area contributed by atoms with Gasteiger partial charge >= 0.3 is 5.97 Å². The van der Waals surface area contributed by atoms with Crippen molar-refractivity contribution in [2.45, 2.75) is 37.2 Å². The van der Waals surface area contributed by atoms with Gasteiger partial charge in [-0.05, 0) is 59.3 Å². The van der Waals surface area contributed by atoms with Gasteiger partial charge in [-0.15, -0.1) is 0 Å². The molecule has 2 saturated carbocycles. The Morgan fingerprint density at radius 3 is 2.58 bits per heavy atom. The van der Waals surface area contributed by atoms with E-state index in [9.17, 15) is 9.90 Å². The molecule has 3 rings (SSSR count). The van der Waals surface area contributed by atoms with Crippen molar-refractivity contribution >= 4 is 21.9 Å². The lowest BCUT2D eigenvalue weighted by atomic mass is 9.96. The van der Waals surface area contributed by atoms with Gasteiger partial charge in [-0.3, -0.25) is 4.79 Å². The predicted octanol–water partition coefficient (Wildman–Crippen LogP) is 3.12. The fourth-order valence-corrected chi connectivity index (χ4v) is 2.75. The minimum atomic E-state index is -0.766. The van der Waals surface area contributed by atoms with Crippen LogP contribution in [0.2, 0.25) is 0 Å². The van der Waals surface area contributed by atoms with Crippen molar-refractivity contribution in [3.05, 3.63) is 22.2 Å². The van der Waals surface area contributed by atoms with E-state index in [0.29, 0.717) is 24.3 Å². The van der Waals surface area contributed by atoms with E-state index in [0.717, 1.165) is 22.9 Å². The van der Waals surface area contributed by atoms with Gasteiger partial charge in [0.05, 0.1) is 23.1 Å². The summed E-state index contributed by atoms with van der Waals surface area (Å²) in [7, 11) is 1.58. The van der Waals surface area contributed by atoms with E-state index in [1.807, 2.05) is 6.07 Å². The predicted molar refractivity (Wildman–Crippen MR) is 72.9 cm³/mol. The molecule has 0 unspecified atom stereocenters. The Bertz CT molecular complexity index is 532. The maximum absolute atomic E-state index is 11.4. The molecule has 0 heterocycles. The minimum absolute atomic E-state index is 0.269. The zero-order chi connectivity index (χ0) is 13.6. The Balaban J connectivity index is 1.99. The van der Waals surface area contributed by atoms with Crippen molar-refractivity contribution in [2.24, 2.45) is 0 Å². The lowest BCUT2D eigenvalue weighted by Gasteiger charge is -2.17. The molecule has 2 aliphatic carbocycles. The van der Waals surface area contributed by atoms with Crippen LogP contribution in [0, 0.1) is 0 Å². The zero-order valence-corrected chi connectivity index (χ0v) is 12.2. The van der Waals surface area contributed by atoms with Crippen LogP contribution in [-0.4, -0.2) is 24.3 Å². The largest absolute Gasteiger partial charge is 0.493 e. The van der Waals surface area contributed by atoms with E-state index in [-0.39, 0.29) is 6.10 Å². The molecule has 2 fully saturated rings. The Morgan fingerprint density at radius 1 is 1.42 bits per heavy atom. The fourth-order valence-electron chi connectivity index (χ4n) is 2.21. The molecule has 0 aliphatic heterocycles. The lowest BCUT2D eigenvalue weighted by Crippen LogP contribution is -2.19. The summed E-state index contributed by atoms with van der Waals surface area (Å²) in [6.07, 6.45) is 3.76. The molecule has 1 aromatic carbocycles. The second kappa shape index (κ2) is 4.40. The summed E-state index contributed by atoms with van der Waals surface area (Å²) in [5.74, 6) is 0.510. The summed E-state index contributed by atoms with van der Waals surface area (Å²) in [5.41, 5.74) is 0.0559. The summed E-state index contributed by atoms with van der Waals surface area (Å²) in [5, 5.41) is 9.35. The van der Waals surface area contributed by atoms with Crippen molar-refractivity contribution in [1.29, 1.82) is 0 Å². The van der Waals surface area contributed by atoms with Crippen LogP contribution in [0.4, 0.5) is 0 Å². The molecular weight excluding hydrogens is 312 g/mol. The van der Waals surface area contributed by atoms with E-state index >= 15 is 0 Å². The normalized spacial score (nSPS) is 19.9. The molecule has 0 spiro atoms. The molecule has 0 radical (unpaired) electrons. The van der Waals surface area contributed by atoms with Crippen LogP contribution in [0.5, 0.6) is 11.5 Å². The highest BCUT2D eigenvalue weighted by Gasteiger charge is 2.52. The molecular formula is C14H15BrO4. The number of hydrogen-bond donors (Lipinski definition) is 1. The van der Waals surface area contributed by atoms with Gasteiger partial charge in [-0.1, -0.05) is 0 Å². The van der Waals surface area contributed by atoms with E-state index in [4.69, 9.17) is 9.47 Å². The van der Waals surface area contributed by atoms with Gasteiger partial charge in [0.1, 0.15) is 0 Å². The van der Waals surface area contributed by atoms with Gasteiger partial charge in [0.15, 0.2) is 11.5 Å². The summed E-state index contributed by atoms with van der Waals surface area (Å²) in [6, 6.07) is 3.64. The van der Waals surface area contributed by atoms with Crippen molar-refractivity contribution < 1.29 is 19.4 Å². The maximum atomic E-state index is 11.4. The lowest BCUT2D eigenvalue weighted by molar-refractivity contribution is -0.140. The molecule has 0 aromatic heterocycles. The number of carboxylic acids is 1. The smallest absolute Gasteiger partial charge is 0.314 e. The standard InChI is InChI=1S/C14H15BrO4/c1-18-11-7-8(14(4-5-14)13(16)17)6-10(15)12(11)19-9-2-3-9/h6-7,9H,2-5H2,1H3,(H,16,17). The van der Waals surface area contributed by atoms with Crippen LogP contribution in [0.15, 0.2) is 16.6 Å². The van der Waals surface area contributed by atoms with Crippen LogP contribution >= 0.6 is 15.9 Å². The molecule has 102 valence electrons. The number of benzene rings is 1. The van der Waals surface area contributed by atoms with Gasteiger partial charge in [0, 0.05) is 0 Å². The van der Waals surface area contributed by atoms with Gasteiger partial charge < -0.3 is 14.6 Å². The number of halogens is 1. The first-order chi connectivity index (χ1) is 9.06. The molecule has 0 amide bonds. The zero-order valence-electron chi connectivity index (χ0n) is 10.6. The topological polar surface area (TPSA) is 55.8 Å². The fraction of sp³-hybridized carbons (Fsp3) is 0.500. The van der Waals surface area contributed by atoms with Crippen LogP contribution in [0.1, 0.15) is 31.2 Å². The van der Waals surface area contributed by atoms with Gasteiger partial charge in [-0.2, -0.15) is 0 Å². The van der Waals surface area contributed by atoms with E-state index in [2.05, 4.69) is 15.9 Å². The third-order valence-electron chi connectivity index (χ3n) is 3.75. The second-order valence-corrected chi connectivity index (χ2v) is 6.05. The van der Waals surface area contributed by atoms with Crippen LogP contribution in [-0.2, 0) is 10.2 Å². The van der Waals surface area contributed by atoms with E-state index < -0.39 is 11.4 Å². The molecule has 1 aromatic rings.